The molecule has 0 spiro atoms. The van der Waals surface area contributed by atoms with Gasteiger partial charge in [-0.3, -0.25) is 4.79 Å². The molecule has 1 fully saturated rings. The fourth-order valence-corrected chi connectivity index (χ4v) is 3.69. The van der Waals surface area contributed by atoms with Gasteiger partial charge in [0.1, 0.15) is 0 Å². The van der Waals surface area contributed by atoms with Crippen molar-refractivity contribution in [2.75, 3.05) is 19.6 Å². The Morgan fingerprint density at radius 1 is 1.14 bits per heavy atom. The molecule has 0 saturated carbocycles. The second kappa shape index (κ2) is 8.48. The summed E-state index contributed by atoms with van der Waals surface area (Å²) >= 11 is 0. The molecule has 1 aliphatic heterocycles. The molecule has 4 rings (SSSR count). The fraction of sp³-hybridized carbons (Fsp3) is 0.348. The largest absolute Gasteiger partial charge is 0.339 e. The topological polar surface area (TPSA) is 59.2 Å². The van der Waals surface area contributed by atoms with Gasteiger partial charge in [0.25, 0.3) is 0 Å². The fourth-order valence-electron chi connectivity index (χ4n) is 3.69. The highest BCUT2D eigenvalue weighted by atomic mass is 16.5. The molecule has 1 saturated heterocycles. The zero-order valence-electron chi connectivity index (χ0n) is 16.2. The standard InChI is InChI=1S/C23H25N3O2/c1-17-9-11-18(12-10-17)21(27)8-5-14-26-15-13-20(16-26)23-24-22(25-28-23)19-6-3-2-4-7-19/h2-4,6-7,9-12,20H,5,8,13-16H2,1H3/t20-/m0/s1. The van der Waals surface area contributed by atoms with Crippen molar-refractivity contribution in [3.8, 4) is 11.4 Å². The number of hydrogen-bond acceptors (Lipinski definition) is 5. The zero-order valence-corrected chi connectivity index (χ0v) is 16.2. The maximum absolute atomic E-state index is 12.3. The molecule has 5 heteroatoms. The molecule has 0 amide bonds. The number of aryl methyl sites for hydroxylation is 1. The molecule has 3 aromatic rings. The first-order valence-corrected chi connectivity index (χ1v) is 9.90. The maximum Gasteiger partial charge on any atom is 0.231 e. The highest BCUT2D eigenvalue weighted by Crippen LogP contribution is 2.28. The van der Waals surface area contributed by atoms with Crippen LogP contribution in [0, 0.1) is 6.92 Å². The average molecular weight is 375 g/mol. The van der Waals surface area contributed by atoms with Crippen molar-refractivity contribution in [2.24, 2.45) is 0 Å². The van der Waals surface area contributed by atoms with Gasteiger partial charge in [-0.15, -0.1) is 0 Å². The average Bonchev–Trinajstić information content (AvgIpc) is 3.39. The highest BCUT2D eigenvalue weighted by molar-refractivity contribution is 5.96. The molecular formula is C23H25N3O2. The third-order valence-electron chi connectivity index (χ3n) is 5.35. The van der Waals surface area contributed by atoms with Crippen molar-refractivity contribution >= 4 is 5.78 Å². The molecule has 2 aromatic carbocycles. The van der Waals surface area contributed by atoms with Crippen LogP contribution in [0.15, 0.2) is 59.1 Å². The lowest BCUT2D eigenvalue weighted by Gasteiger charge is -2.14. The normalized spacial score (nSPS) is 17.1. The van der Waals surface area contributed by atoms with Crippen LogP contribution in [0.4, 0.5) is 0 Å². The smallest absolute Gasteiger partial charge is 0.231 e. The van der Waals surface area contributed by atoms with Crippen molar-refractivity contribution < 1.29 is 9.32 Å². The van der Waals surface area contributed by atoms with Gasteiger partial charge < -0.3 is 9.42 Å². The van der Waals surface area contributed by atoms with Crippen molar-refractivity contribution in [3.63, 3.8) is 0 Å². The van der Waals surface area contributed by atoms with Crippen LogP contribution in [0.1, 0.15) is 47.0 Å². The first-order chi connectivity index (χ1) is 13.7. The SMILES string of the molecule is Cc1ccc(C(=O)CCCN2CC[C@H](c3nc(-c4ccccc4)no3)C2)cc1. The molecule has 0 unspecified atom stereocenters. The number of benzene rings is 2. The van der Waals surface area contributed by atoms with Gasteiger partial charge in [-0.05, 0) is 32.9 Å². The van der Waals surface area contributed by atoms with E-state index in [2.05, 4.69) is 15.0 Å². The van der Waals surface area contributed by atoms with E-state index in [1.807, 2.05) is 61.5 Å². The van der Waals surface area contributed by atoms with Crippen LogP contribution in [-0.2, 0) is 0 Å². The van der Waals surface area contributed by atoms with Crippen LogP contribution in [0.3, 0.4) is 0 Å². The van der Waals surface area contributed by atoms with Crippen LogP contribution < -0.4 is 0 Å². The number of Topliss-reactive ketones (excluding diaryl/α,β-unsaturated/α-hetero) is 1. The van der Waals surface area contributed by atoms with Gasteiger partial charge in [0.05, 0.1) is 5.92 Å². The van der Waals surface area contributed by atoms with E-state index in [4.69, 9.17) is 4.52 Å². The van der Waals surface area contributed by atoms with Crippen LogP contribution >= 0.6 is 0 Å². The van der Waals surface area contributed by atoms with Crippen molar-refractivity contribution in [3.05, 3.63) is 71.6 Å². The predicted octanol–water partition coefficient (Wildman–Crippen LogP) is 4.50. The Morgan fingerprint density at radius 2 is 1.93 bits per heavy atom. The van der Waals surface area contributed by atoms with E-state index in [1.54, 1.807) is 0 Å². The quantitative estimate of drug-likeness (QED) is 0.569. The summed E-state index contributed by atoms with van der Waals surface area (Å²) in [4.78, 5) is 19.3. The number of nitrogens with zero attached hydrogens (tertiary/aromatic N) is 3. The van der Waals surface area contributed by atoms with Gasteiger partial charge in [-0.25, -0.2) is 0 Å². The Hall–Kier alpha value is -2.79. The predicted molar refractivity (Wildman–Crippen MR) is 108 cm³/mol. The summed E-state index contributed by atoms with van der Waals surface area (Å²) in [6.07, 6.45) is 2.48. The minimum absolute atomic E-state index is 0.222. The van der Waals surface area contributed by atoms with E-state index >= 15 is 0 Å². The highest BCUT2D eigenvalue weighted by Gasteiger charge is 2.28. The summed E-state index contributed by atoms with van der Waals surface area (Å²) in [5.41, 5.74) is 2.96. The van der Waals surface area contributed by atoms with Gasteiger partial charge in [0.15, 0.2) is 5.78 Å². The minimum Gasteiger partial charge on any atom is -0.339 e. The monoisotopic (exact) mass is 375 g/mol. The van der Waals surface area contributed by atoms with E-state index in [0.29, 0.717) is 12.2 Å². The molecule has 28 heavy (non-hydrogen) atoms. The van der Waals surface area contributed by atoms with Crippen molar-refractivity contribution in [1.29, 1.82) is 0 Å². The second-order valence-electron chi connectivity index (χ2n) is 7.50. The van der Waals surface area contributed by atoms with E-state index in [9.17, 15) is 4.79 Å². The Morgan fingerprint density at radius 3 is 2.71 bits per heavy atom. The number of carbonyl (C=O) groups is 1. The lowest BCUT2D eigenvalue weighted by molar-refractivity contribution is 0.0976. The molecule has 2 heterocycles. The Balaban J connectivity index is 1.26. The van der Waals surface area contributed by atoms with E-state index < -0.39 is 0 Å². The maximum atomic E-state index is 12.3. The van der Waals surface area contributed by atoms with E-state index in [0.717, 1.165) is 49.5 Å². The lowest BCUT2D eigenvalue weighted by atomic mass is 10.1. The zero-order chi connectivity index (χ0) is 19.3. The first-order valence-electron chi connectivity index (χ1n) is 9.90. The van der Waals surface area contributed by atoms with Crippen molar-refractivity contribution in [1.82, 2.24) is 15.0 Å². The van der Waals surface area contributed by atoms with Gasteiger partial charge >= 0.3 is 0 Å². The molecule has 1 atom stereocenters. The van der Waals surface area contributed by atoms with E-state index in [-0.39, 0.29) is 11.7 Å². The third kappa shape index (κ3) is 4.37. The number of likely N-dealkylation sites (tertiary alicyclic amines) is 1. The molecule has 0 radical (unpaired) electrons. The summed E-state index contributed by atoms with van der Waals surface area (Å²) in [6, 6.07) is 17.7. The van der Waals surface area contributed by atoms with E-state index in [1.165, 1.54) is 5.56 Å². The molecule has 1 aromatic heterocycles. The number of rotatable bonds is 7. The van der Waals surface area contributed by atoms with Crippen LogP contribution in [0.2, 0.25) is 0 Å². The molecule has 1 aliphatic rings. The van der Waals surface area contributed by atoms with Crippen LogP contribution in [0.5, 0.6) is 0 Å². The van der Waals surface area contributed by atoms with Gasteiger partial charge in [-0.2, -0.15) is 4.98 Å². The number of ketones is 1. The number of aromatic nitrogens is 2. The molecule has 0 N–H and O–H groups in total. The summed E-state index contributed by atoms with van der Waals surface area (Å²) in [5, 5.41) is 4.13. The third-order valence-corrected chi connectivity index (χ3v) is 5.35. The number of hydrogen-bond donors (Lipinski definition) is 0. The van der Waals surface area contributed by atoms with Crippen LogP contribution in [0.25, 0.3) is 11.4 Å². The summed E-state index contributed by atoms with van der Waals surface area (Å²) in [5.74, 6) is 1.87. The van der Waals surface area contributed by atoms with Gasteiger partial charge in [0, 0.05) is 24.1 Å². The Labute approximate surface area is 165 Å². The van der Waals surface area contributed by atoms with Gasteiger partial charge in [0.2, 0.25) is 11.7 Å². The molecule has 5 nitrogen and oxygen atoms in total. The molecule has 0 bridgehead atoms. The second-order valence-corrected chi connectivity index (χ2v) is 7.50. The minimum atomic E-state index is 0.222. The summed E-state index contributed by atoms with van der Waals surface area (Å²) in [7, 11) is 0. The Kier molecular flexibility index (Phi) is 5.63. The van der Waals surface area contributed by atoms with Crippen molar-refractivity contribution in [2.45, 2.75) is 32.1 Å². The summed E-state index contributed by atoms with van der Waals surface area (Å²) < 4.78 is 5.52. The summed E-state index contributed by atoms with van der Waals surface area (Å²) in [6.45, 7) is 4.87. The molecular weight excluding hydrogens is 350 g/mol. The first kappa shape index (κ1) is 18.6. The lowest BCUT2D eigenvalue weighted by Crippen LogP contribution is -2.22. The molecule has 0 aliphatic carbocycles. The number of carbonyl (C=O) groups excluding carboxylic acids is 1. The Bertz CT molecular complexity index is 919. The van der Waals surface area contributed by atoms with Gasteiger partial charge in [-0.1, -0.05) is 65.3 Å². The van der Waals surface area contributed by atoms with Crippen LogP contribution in [-0.4, -0.2) is 40.5 Å². The molecule has 144 valence electrons.